The van der Waals surface area contributed by atoms with Gasteiger partial charge < -0.3 is 4.74 Å². The zero-order chi connectivity index (χ0) is 26.7. The topological polar surface area (TPSA) is 9.23 Å². The minimum Gasteiger partial charge on any atom is -0.429 e. The summed E-state index contributed by atoms with van der Waals surface area (Å²) in [4.78, 5) is 0. The highest BCUT2D eigenvalue weighted by Crippen LogP contribution is 2.35. The molecule has 0 radical (unpaired) electrons. The van der Waals surface area contributed by atoms with Crippen LogP contribution in [-0.2, 0) is 12.5 Å². The van der Waals surface area contributed by atoms with Crippen molar-refractivity contribution in [1.82, 2.24) is 0 Å². The first-order valence-electron chi connectivity index (χ1n) is 14.1. The van der Waals surface area contributed by atoms with Gasteiger partial charge in [-0.05, 0) is 42.4 Å². The molecular weight excluding hydrogens is 483 g/mol. The van der Waals surface area contributed by atoms with Crippen LogP contribution in [0.25, 0.3) is 0 Å². The van der Waals surface area contributed by atoms with E-state index in [1.807, 2.05) is 0 Å². The second-order valence-electron chi connectivity index (χ2n) is 10.7. The first kappa shape index (κ1) is 29.4. The van der Waals surface area contributed by atoms with Crippen molar-refractivity contribution in [3.63, 3.8) is 0 Å². The van der Waals surface area contributed by atoms with E-state index in [2.05, 4.69) is 11.7 Å². The fourth-order valence-electron chi connectivity index (χ4n) is 5.41. The van der Waals surface area contributed by atoms with E-state index >= 15 is 0 Å². The molecule has 0 unspecified atom stereocenters. The van der Waals surface area contributed by atoms with Crippen molar-refractivity contribution in [1.29, 1.82) is 0 Å². The summed E-state index contributed by atoms with van der Waals surface area (Å²) in [5, 5.41) is 0. The third-order valence-corrected chi connectivity index (χ3v) is 7.77. The van der Waals surface area contributed by atoms with Gasteiger partial charge in [-0.15, -0.1) is 0 Å². The molecule has 1 fully saturated rings. The lowest BCUT2D eigenvalue weighted by Gasteiger charge is -2.28. The Morgan fingerprint density at radius 2 is 1.24 bits per heavy atom. The number of alkyl halides is 2. The van der Waals surface area contributed by atoms with Crippen molar-refractivity contribution in [2.45, 2.75) is 109 Å². The quantitative estimate of drug-likeness (QED) is 0.128. The maximum atomic E-state index is 14.5. The molecule has 0 amide bonds. The summed E-state index contributed by atoms with van der Waals surface area (Å²) in [6.07, 6.45) is 15.4. The van der Waals surface area contributed by atoms with Crippen LogP contribution in [0.5, 0.6) is 5.75 Å². The molecule has 6 heteroatoms. The fraction of sp³-hybridized carbons (Fsp3) is 0.613. The first-order chi connectivity index (χ1) is 17.8. The summed E-state index contributed by atoms with van der Waals surface area (Å²) in [5.41, 5.74) is 0.544. The van der Waals surface area contributed by atoms with Gasteiger partial charge in [0.15, 0.2) is 17.5 Å². The van der Waals surface area contributed by atoms with E-state index in [-0.39, 0.29) is 0 Å². The normalized spacial score (nSPS) is 18.2. The molecule has 2 aromatic rings. The van der Waals surface area contributed by atoms with Crippen LogP contribution in [-0.4, -0.2) is 0 Å². The second-order valence-corrected chi connectivity index (χ2v) is 10.7. The number of benzene rings is 2. The van der Waals surface area contributed by atoms with Crippen LogP contribution in [0.1, 0.15) is 108 Å². The lowest BCUT2D eigenvalue weighted by atomic mass is 9.77. The van der Waals surface area contributed by atoms with Crippen LogP contribution in [0, 0.1) is 29.3 Å². The Balaban J connectivity index is 1.35. The summed E-state index contributed by atoms with van der Waals surface area (Å²) in [7, 11) is 0. The molecule has 0 N–H and O–H groups in total. The summed E-state index contributed by atoms with van der Waals surface area (Å²) in [5.74, 6) is -4.12. The van der Waals surface area contributed by atoms with Crippen LogP contribution in [0.4, 0.5) is 22.0 Å². The van der Waals surface area contributed by atoms with Crippen LogP contribution in [0.3, 0.4) is 0 Å². The molecule has 0 bridgehead atoms. The highest BCUT2D eigenvalue weighted by atomic mass is 19.3. The van der Waals surface area contributed by atoms with Gasteiger partial charge in [0.1, 0.15) is 5.75 Å². The fourth-order valence-corrected chi connectivity index (χ4v) is 5.41. The molecule has 2 aromatic carbocycles. The van der Waals surface area contributed by atoms with Crippen molar-refractivity contribution in [2.24, 2.45) is 11.8 Å². The Morgan fingerprint density at radius 1 is 0.730 bits per heavy atom. The number of ether oxygens (including phenoxy) is 1. The Kier molecular flexibility index (Phi) is 11.7. The van der Waals surface area contributed by atoms with Crippen molar-refractivity contribution in [3.8, 4) is 5.75 Å². The average Bonchev–Trinajstić information content (AvgIpc) is 2.88. The Morgan fingerprint density at radius 3 is 1.81 bits per heavy atom. The first-order valence-corrected chi connectivity index (χ1v) is 14.1. The smallest absolute Gasteiger partial charge is 0.426 e. The maximum Gasteiger partial charge on any atom is 0.426 e. The zero-order valence-electron chi connectivity index (χ0n) is 22.0. The Bertz CT molecular complexity index is 912. The SMILES string of the molecule is CCCCCCCCCC[C@H]1CC[C@H](CCc2ccc(C(F)(F)Oc3cc(F)c(F)c(F)c3)cc2)CC1. The molecular formula is C31H41F5O. The van der Waals surface area contributed by atoms with E-state index < -0.39 is 34.9 Å². The number of rotatable bonds is 15. The Hall–Kier alpha value is -2.11. The molecule has 37 heavy (non-hydrogen) atoms. The molecule has 0 saturated heterocycles. The number of unbranched alkanes of at least 4 members (excludes halogenated alkanes) is 7. The summed E-state index contributed by atoms with van der Waals surface area (Å²) in [6.45, 7) is 2.25. The summed E-state index contributed by atoms with van der Waals surface area (Å²) < 4.78 is 73.2. The van der Waals surface area contributed by atoms with Crippen LogP contribution in [0.2, 0.25) is 0 Å². The van der Waals surface area contributed by atoms with Gasteiger partial charge in [0, 0.05) is 12.1 Å². The van der Waals surface area contributed by atoms with Crippen molar-refractivity contribution in [3.05, 3.63) is 65.0 Å². The van der Waals surface area contributed by atoms with Gasteiger partial charge in [0.25, 0.3) is 0 Å². The Labute approximate surface area is 218 Å². The predicted octanol–water partition coefficient (Wildman–Crippen LogP) is 10.5. The molecule has 0 spiro atoms. The minimum absolute atomic E-state index is 0.408. The van der Waals surface area contributed by atoms with Crippen LogP contribution >= 0.6 is 0 Å². The van der Waals surface area contributed by atoms with Crippen molar-refractivity contribution in [2.75, 3.05) is 0 Å². The molecule has 1 aliphatic carbocycles. The number of aryl methyl sites for hydroxylation is 1. The summed E-state index contributed by atoms with van der Waals surface area (Å²) >= 11 is 0. The second kappa shape index (κ2) is 14.7. The van der Waals surface area contributed by atoms with Gasteiger partial charge in [0.2, 0.25) is 0 Å². The molecule has 3 rings (SSSR count). The van der Waals surface area contributed by atoms with E-state index in [1.165, 1.54) is 95.6 Å². The third kappa shape index (κ3) is 9.61. The van der Waals surface area contributed by atoms with E-state index in [0.717, 1.165) is 24.3 Å². The van der Waals surface area contributed by atoms with Gasteiger partial charge >= 0.3 is 6.11 Å². The zero-order valence-corrected chi connectivity index (χ0v) is 22.0. The van der Waals surface area contributed by atoms with E-state index in [0.29, 0.717) is 18.1 Å². The van der Waals surface area contributed by atoms with E-state index in [1.54, 1.807) is 12.1 Å². The molecule has 1 nitrogen and oxygen atoms in total. The van der Waals surface area contributed by atoms with Crippen LogP contribution < -0.4 is 4.74 Å². The standard InChI is InChI=1S/C31H41F5O/c1-2-3-4-5-6-7-8-9-10-23-11-13-24(14-12-23)15-16-25-17-19-26(20-18-25)31(35,36)37-27-21-28(32)30(34)29(33)22-27/h17-24H,2-16H2,1H3/t23-,24-. The monoisotopic (exact) mass is 524 g/mol. The molecule has 206 valence electrons. The molecule has 0 aliphatic heterocycles. The summed E-state index contributed by atoms with van der Waals surface area (Å²) in [6, 6.07) is 6.65. The van der Waals surface area contributed by atoms with Gasteiger partial charge in [-0.3, -0.25) is 0 Å². The molecule has 0 atom stereocenters. The molecule has 0 heterocycles. The average molecular weight is 525 g/mol. The van der Waals surface area contributed by atoms with Gasteiger partial charge in [-0.25, -0.2) is 13.2 Å². The molecule has 0 aromatic heterocycles. The third-order valence-electron chi connectivity index (χ3n) is 7.77. The highest BCUT2D eigenvalue weighted by Gasteiger charge is 2.35. The van der Waals surface area contributed by atoms with Crippen LogP contribution in [0.15, 0.2) is 36.4 Å². The van der Waals surface area contributed by atoms with Crippen molar-refractivity contribution < 1.29 is 26.7 Å². The number of hydrogen-bond acceptors (Lipinski definition) is 1. The maximum absolute atomic E-state index is 14.5. The molecule has 1 saturated carbocycles. The van der Waals surface area contributed by atoms with Crippen molar-refractivity contribution >= 4 is 0 Å². The van der Waals surface area contributed by atoms with Gasteiger partial charge in [-0.2, -0.15) is 8.78 Å². The van der Waals surface area contributed by atoms with E-state index in [9.17, 15) is 22.0 Å². The predicted molar refractivity (Wildman–Crippen MR) is 138 cm³/mol. The molecule has 1 aliphatic rings. The number of hydrogen-bond donors (Lipinski definition) is 0. The highest BCUT2D eigenvalue weighted by molar-refractivity contribution is 5.29. The lowest BCUT2D eigenvalue weighted by molar-refractivity contribution is -0.185. The number of halogens is 5. The van der Waals surface area contributed by atoms with E-state index in [4.69, 9.17) is 0 Å². The minimum atomic E-state index is -3.80. The van der Waals surface area contributed by atoms with Gasteiger partial charge in [0.05, 0.1) is 5.56 Å². The largest absolute Gasteiger partial charge is 0.429 e. The lowest BCUT2D eigenvalue weighted by Crippen LogP contribution is -2.22. The van der Waals surface area contributed by atoms with Gasteiger partial charge in [-0.1, -0.05) is 103 Å².